The molecule has 1 amide bonds. The number of benzene rings is 2. The van der Waals surface area contributed by atoms with Gasteiger partial charge in [0, 0.05) is 29.9 Å². The van der Waals surface area contributed by atoms with E-state index in [0.717, 1.165) is 42.9 Å². The first-order valence-corrected chi connectivity index (χ1v) is 9.83. The monoisotopic (exact) mass is 375 g/mol. The summed E-state index contributed by atoms with van der Waals surface area (Å²) in [7, 11) is 0. The molecule has 0 radical (unpaired) electrons. The average Bonchev–Trinajstić information content (AvgIpc) is 3.30. The van der Waals surface area contributed by atoms with Gasteiger partial charge in [-0.1, -0.05) is 25.1 Å². The Labute approximate surface area is 165 Å². The van der Waals surface area contributed by atoms with E-state index in [1.165, 1.54) is 11.3 Å². The predicted octanol–water partition coefficient (Wildman–Crippen LogP) is 4.35. The first-order chi connectivity index (χ1) is 13.7. The quantitative estimate of drug-likeness (QED) is 0.696. The maximum absolute atomic E-state index is 12.0. The molecule has 0 saturated carbocycles. The van der Waals surface area contributed by atoms with Crippen LogP contribution in [-0.4, -0.2) is 24.0 Å². The molecule has 0 aliphatic carbocycles. The second-order valence-corrected chi connectivity index (χ2v) is 7.16. The van der Waals surface area contributed by atoms with Gasteiger partial charge in [0.15, 0.2) is 0 Å². The second kappa shape index (κ2) is 7.89. The second-order valence-electron chi connectivity index (χ2n) is 7.16. The Hall–Kier alpha value is -3.08. The van der Waals surface area contributed by atoms with Gasteiger partial charge in [0.2, 0.25) is 5.89 Å². The number of para-hydroxylation sites is 1. The number of carbonyl (C=O) groups excluding carboxylic acids is 1. The van der Waals surface area contributed by atoms with Crippen molar-refractivity contribution in [3.05, 3.63) is 71.1 Å². The fourth-order valence-corrected chi connectivity index (χ4v) is 3.55. The number of hydrogen-bond acceptors (Lipinski definition) is 4. The highest BCUT2D eigenvalue weighted by Crippen LogP contribution is 2.30. The summed E-state index contributed by atoms with van der Waals surface area (Å²) in [5, 5.41) is 2.89. The highest BCUT2D eigenvalue weighted by molar-refractivity contribution is 5.94. The van der Waals surface area contributed by atoms with E-state index in [9.17, 15) is 4.79 Å². The van der Waals surface area contributed by atoms with Gasteiger partial charge in [-0.25, -0.2) is 4.98 Å². The van der Waals surface area contributed by atoms with Crippen LogP contribution in [0.2, 0.25) is 0 Å². The van der Waals surface area contributed by atoms with Crippen LogP contribution in [0.1, 0.15) is 40.7 Å². The van der Waals surface area contributed by atoms with Gasteiger partial charge in [0.05, 0.1) is 6.54 Å². The summed E-state index contributed by atoms with van der Waals surface area (Å²) < 4.78 is 5.93. The van der Waals surface area contributed by atoms with E-state index >= 15 is 0 Å². The Morgan fingerprint density at radius 2 is 1.96 bits per heavy atom. The highest BCUT2D eigenvalue weighted by atomic mass is 16.4. The minimum absolute atomic E-state index is 0.0506. The molecule has 28 heavy (non-hydrogen) atoms. The SMILES string of the molecule is CCCNC(=O)c1ccc(-c2nc(CN3CCc4ccccc43)c(C)o2)cc1. The number of oxazole rings is 1. The van der Waals surface area contributed by atoms with Gasteiger partial charge in [-0.15, -0.1) is 0 Å². The van der Waals surface area contributed by atoms with Crippen molar-refractivity contribution in [1.29, 1.82) is 0 Å². The minimum Gasteiger partial charge on any atom is -0.441 e. The van der Waals surface area contributed by atoms with Gasteiger partial charge in [-0.3, -0.25) is 4.79 Å². The molecular formula is C23H25N3O2. The lowest BCUT2D eigenvalue weighted by Gasteiger charge is -2.17. The highest BCUT2D eigenvalue weighted by Gasteiger charge is 2.21. The summed E-state index contributed by atoms with van der Waals surface area (Å²) in [6.07, 6.45) is 1.99. The molecule has 0 atom stereocenters. The van der Waals surface area contributed by atoms with Crippen molar-refractivity contribution in [2.45, 2.75) is 33.2 Å². The maximum atomic E-state index is 12.0. The van der Waals surface area contributed by atoms with E-state index in [1.807, 2.05) is 38.1 Å². The summed E-state index contributed by atoms with van der Waals surface area (Å²) in [6, 6.07) is 15.9. The number of carbonyl (C=O) groups is 1. The standard InChI is InChI=1S/C23H25N3O2/c1-3-13-24-22(27)18-8-10-19(11-9-18)23-25-20(16(2)28-23)15-26-14-12-17-6-4-5-7-21(17)26/h4-11H,3,12-15H2,1-2H3,(H,24,27). The molecule has 0 unspecified atom stereocenters. The molecule has 0 fully saturated rings. The van der Waals surface area contributed by atoms with Crippen LogP contribution in [0.3, 0.4) is 0 Å². The summed E-state index contributed by atoms with van der Waals surface area (Å²) in [4.78, 5) is 19.1. The summed E-state index contributed by atoms with van der Waals surface area (Å²) in [5.74, 6) is 1.38. The van der Waals surface area contributed by atoms with Crippen LogP contribution in [0.5, 0.6) is 0 Å². The van der Waals surface area contributed by atoms with Crippen LogP contribution in [-0.2, 0) is 13.0 Å². The van der Waals surface area contributed by atoms with Gasteiger partial charge in [-0.05, 0) is 55.7 Å². The normalized spacial score (nSPS) is 12.9. The zero-order valence-corrected chi connectivity index (χ0v) is 16.4. The van der Waals surface area contributed by atoms with Gasteiger partial charge < -0.3 is 14.6 Å². The van der Waals surface area contributed by atoms with Gasteiger partial charge in [0.1, 0.15) is 11.5 Å². The Kier molecular flexibility index (Phi) is 5.15. The third kappa shape index (κ3) is 3.65. The molecule has 144 valence electrons. The van der Waals surface area contributed by atoms with Crippen molar-refractivity contribution < 1.29 is 9.21 Å². The van der Waals surface area contributed by atoms with Crippen LogP contribution < -0.4 is 10.2 Å². The summed E-state index contributed by atoms with van der Waals surface area (Å²) in [6.45, 7) is 6.42. The molecule has 1 aliphatic rings. The van der Waals surface area contributed by atoms with E-state index in [2.05, 4.69) is 34.5 Å². The van der Waals surface area contributed by atoms with Gasteiger partial charge in [0.25, 0.3) is 5.91 Å². The third-order valence-electron chi connectivity index (χ3n) is 5.15. The molecule has 4 rings (SSSR count). The van der Waals surface area contributed by atoms with Crippen LogP contribution in [0.25, 0.3) is 11.5 Å². The zero-order valence-electron chi connectivity index (χ0n) is 16.4. The Bertz CT molecular complexity index is 976. The van der Waals surface area contributed by atoms with Gasteiger partial charge >= 0.3 is 0 Å². The van der Waals surface area contributed by atoms with Crippen molar-refractivity contribution in [2.24, 2.45) is 0 Å². The summed E-state index contributed by atoms with van der Waals surface area (Å²) in [5.41, 5.74) is 5.16. The lowest BCUT2D eigenvalue weighted by molar-refractivity contribution is 0.0953. The molecule has 2 heterocycles. The Balaban J connectivity index is 1.50. The van der Waals surface area contributed by atoms with Crippen molar-refractivity contribution in [3.8, 4) is 11.5 Å². The molecule has 0 bridgehead atoms. The fourth-order valence-electron chi connectivity index (χ4n) is 3.55. The minimum atomic E-state index is -0.0506. The van der Waals surface area contributed by atoms with Crippen molar-refractivity contribution in [2.75, 3.05) is 18.0 Å². The fraction of sp³-hybridized carbons (Fsp3) is 0.304. The van der Waals surface area contributed by atoms with E-state index in [1.54, 1.807) is 0 Å². The number of rotatable bonds is 6. The number of nitrogens with zero attached hydrogens (tertiary/aromatic N) is 2. The first kappa shape index (κ1) is 18.3. The molecule has 1 aliphatic heterocycles. The Morgan fingerprint density at radius 1 is 1.18 bits per heavy atom. The molecule has 2 aromatic carbocycles. The van der Waals surface area contributed by atoms with Gasteiger partial charge in [-0.2, -0.15) is 0 Å². The average molecular weight is 375 g/mol. The van der Waals surface area contributed by atoms with Crippen molar-refractivity contribution in [3.63, 3.8) is 0 Å². The predicted molar refractivity (Wildman–Crippen MR) is 110 cm³/mol. The number of aryl methyl sites for hydroxylation is 1. The molecule has 1 aromatic heterocycles. The molecule has 1 N–H and O–H groups in total. The topological polar surface area (TPSA) is 58.4 Å². The van der Waals surface area contributed by atoms with Crippen molar-refractivity contribution >= 4 is 11.6 Å². The van der Waals surface area contributed by atoms with Crippen LogP contribution in [0, 0.1) is 6.92 Å². The van der Waals surface area contributed by atoms with E-state index < -0.39 is 0 Å². The lowest BCUT2D eigenvalue weighted by Crippen LogP contribution is -2.23. The summed E-state index contributed by atoms with van der Waals surface area (Å²) >= 11 is 0. The number of aromatic nitrogens is 1. The Morgan fingerprint density at radius 3 is 2.75 bits per heavy atom. The number of fused-ring (bicyclic) bond motifs is 1. The largest absolute Gasteiger partial charge is 0.441 e. The number of nitrogens with one attached hydrogen (secondary N) is 1. The van der Waals surface area contributed by atoms with E-state index in [4.69, 9.17) is 9.40 Å². The zero-order chi connectivity index (χ0) is 19.5. The maximum Gasteiger partial charge on any atom is 0.251 e. The third-order valence-corrected chi connectivity index (χ3v) is 5.15. The van der Waals surface area contributed by atoms with Crippen LogP contribution >= 0.6 is 0 Å². The molecule has 5 heteroatoms. The smallest absolute Gasteiger partial charge is 0.251 e. The number of anilines is 1. The molecule has 0 spiro atoms. The van der Waals surface area contributed by atoms with Crippen LogP contribution in [0.15, 0.2) is 52.9 Å². The van der Waals surface area contributed by atoms with Crippen molar-refractivity contribution in [1.82, 2.24) is 10.3 Å². The first-order valence-electron chi connectivity index (χ1n) is 9.83. The van der Waals surface area contributed by atoms with E-state index in [0.29, 0.717) is 18.0 Å². The number of amides is 1. The molecule has 3 aromatic rings. The molecule has 5 nitrogen and oxygen atoms in total. The van der Waals surface area contributed by atoms with E-state index in [-0.39, 0.29) is 5.91 Å². The van der Waals surface area contributed by atoms with Crippen LogP contribution in [0.4, 0.5) is 5.69 Å². The number of hydrogen-bond donors (Lipinski definition) is 1. The lowest BCUT2D eigenvalue weighted by atomic mass is 10.1. The molecule has 0 saturated heterocycles. The molecular weight excluding hydrogens is 350 g/mol.